The van der Waals surface area contributed by atoms with E-state index in [4.69, 9.17) is 0 Å². The number of hydrogen-bond acceptors (Lipinski definition) is 3. The van der Waals surface area contributed by atoms with Gasteiger partial charge in [0.2, 0.25) is 0 Å². The van der Waals surface area contributed by atoms with Crippen molar-refractivity contribution in [2.45, 2.75) is 12.2 Å². The van der Waals surface area contributed by atoms with Gasteiger partial charge < -0.3 is 0 Å². The minimum absolute atomic E-state index is 0.442. The summed E-state index contributed by atoms with van der Waals surface area (Å²) in [7, 11) is 6.10. The number of hydrogen-bond donors (Lipinski definition) is 1. The first-order valence-electron chi connectivity index (χ1n) is 3.10. The number of thiol groups is 1. The second kappa shape index (κ2) is 4.14. The molecule has 0 bridgehead atoms. The van der Waals surface area contributed by atoms with E-state index in [0.29, 0.717) is 5.25 Å². The average Bonchev–Trinajstić information content (AvgIpc) is 1.63. The van der Waals surface area contributed by atoms with Crippen LogP contribution in [0.1, 0.15) is 6.92 Å². The summed E-state index contributed by atoms with van der Waals surface area (Å²) >= 11 is 4.26. The van der Waals surface area contributed by atoms with Crippen molar-refractivity contribution in [3.63, 3.8) is 0 Å². The molecule has 0 saturated heterocycles. The van der Waals surface area contributed by atoms with Crippen molar-refractivity contribution < 1.29 is 0 Å². The lowest BCUT2D eigenvalue weighted by Crippen LogP contribution is -2.36. The molecule has 0 aliphatic rings. The first kappa shape index (κ1) is 9.27. The first-order chi connectivity index (χ1) is 4.04. The van der Waals surface area contributed by atoms with E-state index >= 15 is 0 Å². The molecule has 1 atom stereocenters. The predicted molar refractivity (Wildman–Crippen MR) is 44.8 cm³/mol. The Kier molecular flexibility index (Phi) is 4.27. The Bertz CT molecular complexity index is 73.5. The fourth-order valence-corrected chi connectivity index (χ4v) is 0.782. The van der Waals surface area contributed by atoms with E-state index < -0.39 is 0 Å². The van der Waals surface area contributed by atoms with Crippen molar-refractivity contribution in [1.82, 2.24) is 10.0 Å². The highest BCUT2D eigenvalue weighted by atomic mass is 32.1. The van der Waals surface area contributed by atoms with E-state index in [9.17, 15) is 0 Å². The molecule has 1 unspecified atom stereocenters. The van der Waals surface area contributed by atoms with Crippen molar-refractivity contribution in [3.8, 4) is 0 Å². The smallest absolute Gasteiger partial charge is 0.0244 e. The molecule has 0 fully saturated rings. The summed E-state index contributed by atoms with van der Waals surface area (Å²) in [6, 6.07) is 0. The number of rotatable bonds is 3. The van der Waals surface area contributed by atoms with Crippen LogP contribution in [0.3, 0.4) is 0 Å². The van der Waals surface area contributed by atoms with Gasteiger partial charge in [0.05, 0.1) is 0 Å². The zero-order chi connectivity index (χ0) is 7.44. The van der Waals surface area contributed by atoms with Gasteiger partial charge in [0.15, 0.2) is 0 Å². The van der Waals surface area contributed by atoms with Gasteiger partial charge in [-0.3, -0.25) is 0 Å². The van der Waals surface area contributed by atoms with Crippen molar-refractivity contribution in [3.05, 3.63) is 0 Å². The minimum Gasteiger partial charge on any atom is -0.248 e. The first-order valence-corrected chi connectivity index (χ1v) is 3.62. The Morgan fingerprint density at radius 1 is 1.33 bits per heavy atom. The molecule has 9 heavy (non-hydrogen) atoms. The summed E-state index contributed by atoms with van der Waals surface area (Å²) in [6.07, 6.45) is 0. The molecule has 0 amide bonds. The lowest BCUT2D eigenvalue weighted by molar-refractivity contribution is 0.0583. The Hall–Kier alpha value is 0.270. The van der Waals surface area contributed by atoms with Crippen molar-refractivity contribution >= 4 is 12.6 Å². The summed E-state index contributed by atoms with van der Waals surface area (Å²) < 4.78 is 0. The normalized spacial score (nSPS) is 15.0. The predicted octanol–water partition coefficient (Wildman–Crippen LogP) is 0.713. The van der Waals surface area contributed by atoms with Crippen LogP contribution in [0.15, 0.2) is 0 Å². The maximum absolute atomic E-state index is 4.26. The molecule has 0 aromatic rings. The van der Waals surface area contributed by atoms with Gasteiger partial charge in [-0.1, -0.05) is 6.92 Å². The second-order valence-electron chi connectivity index (χ2n) is 2.54. The fourth-order valence-electron chi connectivity index (χ4n) is 0.546. The lowest BCUT2D eigenvalue weighted by Gasteiger charge is -2.25. The van der Waals surface area contributed by atoms with Crippen LogP contribution in [-0.4, -0.2) is 43.0 Å². The molecular formula is C6H16N2S. The highest BCUT2D eigenvalue weighted by molar-refractivity contribution is 7.80. The minimum atomic E-state index is 0.442. The van der Waals surface area contributed by atoms with E-state index in [1.54, 1.807) is 0 Å². The van der Waals surface area contributed by atoms with Gasteiger partial charge in [0.1, 0.15) is 0 Å². The summed E-state index contributed by atoms with van der Waals surface area (Å²) in [5.41, 5.74) is 0. The van der Waals surface area contributed by atoms with Crippen LogP contribution in [0.4, 0.5) is 0 Å². The highest BCUT2D eigenvalue weighted by Crippen LogP contribution is 1.95. The Morgan fingerprint density at radius 3 is 1.89 bits per heavy atom. The van der Waals surface area contributed by atoms with Crippen LogP contribution in [0.25, 0.3) is 0 Å². The monoisotopic (exact) mass is 148 g/mol. The van der Waals surface area contributed by atoms with Crippen LogP contribution in [0.5, 0.6) is 0 Å². The van der Waals surface area contributed by atoms with Crippen molar-refractivity contribution in [1.29, 1.82) is 0 Å². The molecule has 0 aliphatic heterocycles. The fraction of sp³-hybridized carbons (Fsp3) is 1.00. The summed E-state index contributed by atoms with van der Waals surface area (Å²) in [6.45, 7) is 3.08. The van der Waals surface area contributed by atoms with Crippen LogP contribution < -0.4 is 0 Å². The quantitative estimate of drug-likeness (QED) is 0.465. The van der Waals surface area contributed by atoms with Gasteiger partial charge in [-0.15, -0.1) is 0 Å². The maximum Gasteiger partial charge on any atom is 0.0244 e. The summed E-state index contributed by atoms with van der Waals surface area (Å²) in [4.78, 5) is 0. The van der Waals surface area contributed by atoms with E-state index in [0.717, 1.165) is 6.54 Å². The lowest BCUT2D eigenvalue weighted by atomic mass is 10.5. The molecule has 0 N–H and O–H groups in total. The topological polar surface area (TPSA) is 6.48 Å². The molecule has 0 heterocycles. The third-order valence-corrected chi connectivity index (χ3v) is 1.37. The van der Waals surface area contributed by atoms with Crippen LogP contribution in [0.2, 0.25) is 0 Å². The molecule has 56 valence electrons. The van der Waals surface area contributed by atoms with Gasteiger partial charge in [-0.05, 0) is 0 Å². The van der Waals surface area contributed by atoms with Gasteiger partial charge in [-0.25, -0.2) is 10.0 Å². The standard InChI is InChI=1S/C6H16N2S/c1-6(9)5-8(4)7(2)3/h6,9H,5H2,1-4H3. The number of hydrazine groups is 1. The Morgan fingerprint density at radius 2 is 1.78 bits per heavy atom. The zero-order valence-electron chi connectivity index (χ0n) is 6.63. The molecule has 0 aliphatic carbocycles. The van der Waals surface area contributed by atoms with E-state index in [1.807, 2.05) is 26.2 Å². The Labute approximate surface area is 63.2 Å². The van der Waals surface area contributed by atoms with Crippen molar-refractivity contribution in [2.24, 2.45) is 0 Å². The van der Waals surface area contributed by atoms with E-state index in [1.165, 1.54) is 0 Å². The summed E-state index contributed by atoms with van der Waals surface area (Å²) in [5, 5.41) is 4.61. The van der Waals surface area contributed by atoms with Gasteiger partial charge in [-0.2, -0.15) is 12.6 Å². The van der Waals surface area contributed by atoms with Gasteiger partial charge in [0, 0.05) is 32.9 Å². The molecule has 3 heteroatoms. The number of nitrogens with zero attached hydrogens (tertiary/aromatic N) is 2. The van der Waals surface area contributed by atoms with Crippen LogP contribution in [0, 0.1) is 0 Å². The molecule has 0 aromatic heterocycles. The maximum atomic E-state index is 4.26. The Balaban J connectivity index is 3.38. The molecule has 0 radical (unpaired) electrons. The van der Waals surface area contributed by atoms with Crippen molar-refractivity contribution in [2.75, 3.05) is 27.7 Å². The van der Waals surface area contributed by atoms with Gasteiger partial charge >= 0.3 is 0 Å². The molecule has 0 rings (SSSR count). The van der Waals surface area contributed by atoms with E-state index in [2.05, 4.69) is 24.6 Å². The average molecular weight is 148 g/mol. The van der Waals surface area contributed by atoms with E-state index in [-0.39, 0.29) is 0 Å². The third kappa shape index (κ3) is 4.75. The molecule has 0 saturated carbocycles. The molecule has 2 nitrogen and oxygen atoms in total. The van der Waals surface area contributed by atoms with Crippen LogP contribution >= 0.6 is 12.6 Å². The van der Waals surface area contributed by atoms with Crippen LogP contribution in [-0.2, 0) is 0 Å². The van der Waals surface area contributed by atoms with Gasteiger partial charge in [0.25, 0.3) is 0 Å². The molecular weight excluding hydrogens is 132 g/mol. The highest BCUT2D eigenvalue weighted by Gasteiger charge is 2.01. The SMILES string of the molecule is CC(S)CN(C)N(C)C. The largest absolute Gasteiger partial charge is 0.248 e. The third-order valence-electron chi connectivity index (χ3n) is 1.21. The second-order valence-corrected chi connectivity index (χ2v) is 3.42. The molecule has 0 spiro atoms. The zero-order valence-corrected chi connectivity index (χ0v) is 7.52. The summed E-state index contributed by atoms with van der Waals surface area (Å²) in [5.74, 6) is 0. The molecule has 0 aromatic carbocycles.